The van der Waals surface area contributed by atoms with Gasteiger partial charge in [-0.15, -0.1) is 0 Å². The first-order valence-corrected chi connectivity index (χ1v) is 0. The molecule has 0 aromatic heterocycles. The van der Waals surface area contributed by atoms with Gasteiger partial charge in [0.1, 0.15) is 0 Å². The molecule has 49 valence electrons. The summed E-state index contributed by atoms with van der Waals surface area (Å²) in [5, 5.41) is 0. The van der Waals surface area contributed by atoms with Crippen molar-refractivity contribution in [3.05, 3.63) is 14.9 Å². The fraction of sp³-hybridized carbons (Fsp3) is 0.600. The first kappa shape index (κ1) is 166. The Balaban J connectivity index is 0. The fourth-order valence-corrected chi connectivity index (χ4v) is 0. The predicted molar refractivity (Wildman–Crippen MR) is 33.0 cm³/mol. The number of rotatable bonds is 0. The van der Waals surface area contributed by atoms with Crippen molar-refractivity contribution >= 4 is 0 Å². The van der Waals surface area contributed by atoms with E-state index in [9.17, 15) is 0 Å². The second-order valence-corrected chi connectivity index (χ2v) is 0. The topological polar surface area (TPSA) is 0 Å². The molecule has 0 aliphatic carbocycles. The van der Waals surface area contributed by atoms with Crippen LogP contribution in [0.25, 0.3) is 0 Å². The first-order valence-electron chi connectivity index (χ1n) is 0. The van der Waals surface area contributed by atoms with Crippen molar-refractivity contribution in [1.82, 2.24) is 0 Å². The Hall–Kier alpha value is 1.79. The quantitative estimate of drug-likeness (QED) is 0.589. The van der Waals surface area contributed by atoms with Gasteiger partial charge in [-0.1, -0.05) is 22.3 Å². The molecule has 0 aromatic rings. The van der Waals surface area contributed by atoms with E-state index >= 15 is 0 Å². The molecule has 0 heterocycles. The minimum Gasteiger partial charge on any atom is -0.358 e. The zero-order valence-electron chi connectivity index (χ0n) is 2.99. The molecule has 0 atom stereocenters. The maximum atomic E-state index is 0. The Bertz CT molecular complexity index is 8.04. The van der Waals surface area contributed by atoms with Crippen LogP contribution < -0.4 is 0 Å². The molecule has 7 heavy (non-hydrogen) atoms. The van der Waals surface area contributed by atoms with Gasteiger partial charge in [0.25, 0.3) is 0 Å². The van der Waals surface area contributed by atoms with E-state index in [1.807, 2.05) is 0 Å². The van der Waals surface area contributed by atoms with Crippen molar-refractivity contribution in [3.8, 4) is 0 Å². The third-order valence-electron chi connectivity index (χ3n) is 0. The van der Waals surface area contributed by atoms with E-state index < -0.39 is 0 Å². The van der Waals surface area contributed by atoms with Crippen molar-refractivity contribution in [2.45, 2.75) is 22.3 Å². The molecular weight excluding hydrogens is 333 g/mol. The average molecular weight is 351 g/mol. The van der Waals surface area contributed by atoms with E-state index in [0.29, 0.717) is 0 Å². The summed E-state index contributed by atoms with van der Waals surface area (Å²) in [6.07, 6.45) is 0. The number of hydrogen-bond donors (Lipinski definition) is 0. The Kier molecular flexibility index (Phi) is 2660. The average Bonchev–Trinajstić information content (AvgIpc) is 0. The first-order chi connectivity index (χ1) is 0. The Morgan fingerprint density at radius 3 is 0.571 bits per heavy atom. The molecule has 0 rings (SSSR count). The van der Waals surface area contributed by atoms with Crippen LogP contribution in [0, 0.1) is 14.9 Å². The molecule has 0 spiro atoms. The van der Waals surface area contributed by atoms with Gasteiger partial charge >= 0.3 is 0 Å². The molecule has 0 aromatic carbocycles. The van der Waals surface area contributed by atoms with Gasteiger partial charge in [0.2, 0.25) is 0 Å². The van der Waals surface area contributed by atoms with E-state index in [0.717, 1.165) is 0 Å². The van der Waals surface area contributed by atoms with E-state index in [4.69, 9.17) is 0 Å². The summed E-state index contributed by atoms with van der Waals surface area (Å²) in [6, 6.07) is 0. The third kappa shape index (κ3) is 81.4. The molecule has 0 aliphatic rings. The van der Waals surface area contributed by atoms with E-state index in [1.165, 1.54) is 0 Å². The van der Waals surface area contributed by atoms with Crippen molar-refractivity contribution in [3.63, 3.8) is 0 Å². The summed E-state index contributed by atoms with van der Waals surface area (Å²) in [4.78, 5) is 0. The molecule has 0 unspecified atom stereocenters. The van der Waals surface area contributed by atoms with Crippen molar-refractivity contribution in [1.29, 1.82) is 0 Å². The van der Waals surface area contributed by atoms with Crippen molar-refractivity contribution in [2.75, 3.05) is 0 Å². The smallest absolute Gasteiger partial charge is 0 e. The van der Waals surface area contributed by atoms with Crippen LogP contribution in [0.15, 0.2) is 0 Å². The summed E-state index contributed by atoms with van der Waals surface area (Å²) >= 11 is 0. The van der Waals surface area contributed by atoms with Gasteiger partial charge in [-0.25, -0.2) is 0 Å². The Labute approximate surface area is 90.0 Å². The third-order valence-corrected chi connectivity index (χ3v) is 0. The normalized spacial score (nSPS) is 0. The largest absolute Gasteiger partial charge is 0.358 e. The number of hydrogen-bond acceptors (Lipinski definition) is 0. The summed E-state index contributed by atoms with van der Waals surface area (Å²) in [5.41, 5.74) is 0. The summed E-state index contributed by atoms with van der Waals surface area (Å²) < 4.78 is 0. The molecule has 0 bridgehead atoms. The molecule has 0 saturated carbocycles. The zero-order chi connectivity index (χ0) is 0. The van der Waals surface area contributed by atoms with Crippen LogP contribution in [0.3, 0.4) is 0 Å². The summed E-state index contributed by atoms with van der Waals surface area (Å²) in [7, 11) is 0. The molecule has 0 nitrogen and oxygen atoms in total. The minimum absolute atomic E-state index is 0. The SMILES string of the molecule is C.C.C.[CH3-].[CH3-].[W].[Y]. The van der Waals surface area contributed by atoms with Crippen LogP contribution in [-0.4, -0.2) is 0 Å². The van der Waals surface area contributed by atoms with Crippen LogP contribution in [0.5, 0.6) is 0 Å². The van der Waals surface area contributed by atoms with Crippen molar-refractivity contribution in [2.24, 2.45) is 0 Å². The van der Waals surface area contributed by atoms with E-state index in [1.54, 1.807) is 0 Å². The van der Waals surface area contributed by atoms with Gasteiger partial charge in [-0.3, -0.25) is 0 Å². The van der Waals surface area contributed by atoms with Gasteiger partial charge in [-0.2, -0.15) is 0 Å². The van der Waals surface area contributed by atoms with Crippen LogP contribution in [0.2, 0.25) is 0 Å². The van der Waals surface area contributed by atoms with Crippen LogP contribution in [0.1, 0.15) is 22.3 Å². The Morgan fingerprint density at radius 2 is 0.571 bits per heavy atom. The van der Waals surface area contributed by atoms with E-state index in [-0.39, 0.29) is 90.9 Å². The van der Waals surface area contributed by atoms with Gasteiger partial charge in [0.05, 0.1) is 0 Å². The molecule has 2 heteroatoms. The molecule has 0 N–H and O–H groups in total. The molecule has 0 amide bonds. The molecule has 0 fully saturated rings. The van der Waals surface area contributed by atoms with Crippen LogP contribution in [-0.2, 0) is 53.8 Å². The van der Waals surface area contributed by atoms with Gasteiger partial charge in [0, 0.05) is 53.8 Å². The maximum absolute atomic E-state index is 0. The summed E-state index contributed by atoms with van der Waals surface area (Å²) in [5.74, 6) is 0. The second kappa shape index (κ2) is 112. The predicted octanol–water partition coefficient (Wildman–Crippen LogP) is 2.80. The van der Waals surface area contributed by atoms with Crippen LogP contribution >= 0.6 is 0 Å². The fourth-order valence-electron chi connectivity index (χ4n) is 0. The van der Waals surface area contributed by atoms with Gasteiger partial charge < -0.3 is 14.9 Å². The monoisotopic (exact) mass is 351 g/mol. The van der Waals surface area contributed by atoms with E-state index in [2.05, 4.69) is 0 Å². The summed E-state index contributed by atoms with van der Waals surface area (Å²) in [6.45, 7) is 0. The van der Waals surface area contributed by atoms with Gasteiger partial charge in [-0.05, 0) is 0 Å². The molecule has 1 radical (unpaired) electrons. The zero-order valence-corrected chi connectivity index (χ0v) is 8.76. The second-order valence-electron chi connectivity index (χ2n) is 0. The standard InChI is InChI=1S/3CH4.2CH3.W.Y/h3*1H4;2*1H3;;/q;;;2*-1;;. The molecule has 0 aliphatic heterocycles. The van der Waals surface area contributed by atoms with Crippen molar-refractivity contribution < 1.29 is 53.8 Å². The van der Waals surface area contributed by atoms with Crippen LogP contribution in [0.4, 0.5) is 0 Å². The Morgan fingerprint density at radius 1 is 0.571 bits per heavy atom. The molecule has 0 saturated heterocycles. The minimum atomic E-state index is 0. The van der Waals surface area contributed by atoms with Gasteiger partial charge in [0.15, 0.2) is 0 Å². The molecular formula is C5H18WY-2. The maximum Gasteiger partial charge on any atom is 0 e.